The lowest BCUT2D eigenvalue weighted by atomic mass is 9.47. The Hall–Kier alpha value is -2.88. The summed E-state index contributed by atoms with van der Waals surface area (Å²) in [5.41, 5.74) is 3.85. The summed E-state index contributed by atoms with van der Waals surface area (Å²) in [5.74, 6) is 0.806. The van der Waals surface area contributed by atoms with Gasteiger partial charge < -0.3 is 179 Å². The second kappa shape index (κ2) is 31.8. The van der Waals surface area contributed by atoms with Crippen LogP contribution in [0, 0.1) is 22.2 Å². The Labute approximate surface area is 587 Å². The van der Waals surface area contributed by atoms with Crippen LogP contribution in [0.3, 0.4) is 0 Å². The van der Waals surface area contributed by atoms with Gasteiger partial charge in [0, 0.05) is 11.8 Å². The Morgan fingerprint density at radius 2 is 0.670 bits per heavy atom. The van der Waals surface area contributed by atoms with Crippen LogP contribution in [0.25, 0.3) is 0 Å². The SMILES string of the molecule is C[C@H](O)C(=O)[C@@]12C=CC3(CC1)[C@@H]1CCC4=CC(=O)CCC4=C1CC[C@@]32C.OC[C@H]1O[C@@H]2O[C@H]3[C@H](O)[C@@H](O)[C@@H](O[C@H]4[C@H](O)[C@@H](O)[C@@H](O[C@H]5[C@H](O)[C@@H](O)[C@@H](O[C@H]6[C@H](O)[C@@H](O)[C@@H](O[C@H]7[C@H](O)[C@@H](O)[C@@H](O[C@H]8[C@H](O)[C@@H](O)[C@@H](O[C@H]1[C@H](O)[C@H]2O)O[C@@H]8CO)O[C@@H]7CO)O[C@@H]6CO)O[C@@H]5CO)O[C@@H]4CO)O[C@@H]3CO. The van der Waals surface area contributed by atoms with Crippen molar-refractivity contribution >= 4 is 11.6 Å². The standard InChI is InChI=1S/C42H70O35.C23H28O3/c43-1-8-29-15(50)22(57)36(64-8)72-30-9(2-44)66-38(24(59)17(30)52)74-32-11(4-46)68-40(26(61)19(32)54)76-34-13(6-48)70-42(28(63)21(34)56)77-35-14(7-49)69-41(27(62)20(35)55)75-33-12(5-47)67-39(25(60)18(33)53)73-31-10(3-45)65-37(71-29)23(58)16(31)51;1-14(24)20(26)23-11-9-22(10-12-23)19-6-3-15-13-16(25)4-5-17(15)18(19)7-8-21(22,23)2/h8-63H,1-7H2;9,11,13-14,19,24H,3-8,10,12H2,1-2H3/t8-,9-,10-,11-,12-,13-,14-,15-,16-,17-,18-,19-,20-,21-,22-,23-,24-,25-,26-,27-,28-,29-,30-,31-,32-,33-,34-,35-,36-,37-,38-,39-,40-,41-,42-;14-,19+,21-,22?,23+/m10/s1. The van der Waals surface area contributed by atoms with Crippen LogP contribution in [-0.2, 0) is 75.9 Å². The molecule has 103 heavy (non-hydrogen) atoms. The van der Waals surface area contributed by atoms with Gasteiger partial charge in [-0.25, -0.2) is 0 Å². The summed E-state index contributed by atoms with van der Waals surface area (Å²) in [7, 11) is 0. The predicted octanol–water partition coefficient (Wildman–Crippen LogP) is -11.2. The molecule has 40 atom stereocenters. The fraction of sp³-hybridized carbons (Fsp3) is 0.877. The van der Waals surface area contributed by atoms with E-state index in [4.69, 9.17) is 66.3 Å². The molecule has 21 aliphatic heterocycles. The van der Waals surface area contributed by atoms with Crippen molar-refractivity contribution in [1.29, 1.82) is 0 Å². The molecule has 0 spiro atoms. The number of ketones is 2. The summed E-state index contributed by atoms with van der Waals surface area (Å²) in [5, 5.41) is 240. The molecule has 5 aliphatic carbocycles. The van der Waals surface area contributed by atoms with Crippen LogP contribution in [-0.4, -0.2) is 391 Å². The molecule has 0 radical (unpaired) electrons. The van der Waals surface area contributed by atoms with Crippen molar-refractivity contribution in [3.8, 4) is 0 Å². The van der Waals surface area contributed by atoms with Crippen LogP contribution in [0.2, 0.25) is 0 Å². The van der Waals surface area contributed by atoms with E-state index in [0.29, 0.717) is 12.3 Å². The molecule has 0 aromatic rings. The Morgan fingerprint density at radius 1 is 0.388 bits per heavy atom. The molecule has 23 fully saturated rings. The first kappa shape index (κ1) is 79.7. The lowest BCUT2D eigenvalue weighted by molar-refractivity contribution is -0.396. The first-order valence-electron chi connectivity index (χ1n) is 34.9. The van der Waals surface area contributed by atoms with E-state index in [0.717, 1.165) is 44.9 Å². The zero-order valence-corrected chi connectivity index (χ0v) is 56.1. The minimum Gasteiger partial charge on any atom is -0.394 e. The third-order valence-electron chi connectivity index (χ3n) is 23.6. The molecule has 1 unspecified atom stereocenters. The lowest BCUT2D eigenvalue weighted by Crippen LogP contribution is -2.68. The molecule has 0 aromatic carbocycles. The summed E-state index contributed by atoms with van der Waals surface area (Å²) in [6.45, 7) is -3.39. The van der Waals surface area contributed by atoms with Crippen LogP contribution in [0.15, 0.2) is 34.9 Å². The van der Waals surface area contributed by atoms with E-state index in [9.17, 15) is 122 Å². The molecule has 26 rings (SSSR count). The fourth-order valence-corrected chi connectivity index (χ4v) is 17.9. The zero-order valence-electron chi connectivity index (χ0n) is 56.1. The molecule has 21 heterocycles. The summed E-state index contributed by atoms with van der Waals surface area (Å²) in [6, 6.07) is 0. The van der Waals surface area contributed by atoms with Crippen molar-refractivity contribution in [2.24, 2.45) is 22.2 Å². The van der Waals surface area contributed by atoms with Gasteiger partial charge in [-0.05, 0) is 80.4 Å². The smallest absolute Gasteiger partial charge is 0.187 e. The Morgan fingerprint density at radius 3 is 0.913 bits per heavy atom. The summed E-state index contributed by atoms with van der Waals surface area (Å²) < 4.78 is 79.5. The number of hydrogen-bond donors (Lipinski definition) is 22. The summed E-state index contributed by atoms with van der Waals surface area (Å²) in [4.78, 5) is 24.9. The van der Waals surface area contributed by atoms with Gasteiger partial charge in [-0.3, -0.25) is 9.59 Å². The number of aliphatic hydroxyl groups excluding tert-OH is 22. The van der Waals surface area contributed by atoms with E-state index >= 15 is 0 Å². The minimum absolute atomic E-state index is 0.0198. The van der Waals surface area contributed by atoms with Gasteiger partial charge in [-0.1, -0.05) is 24.6 Å². The summed E-state index contributed by atoms with van der Waals surface area (Å²) >= 11 is 0. The number of ether oxygens (including phenoxy) is 14. The van der Waals surface area contributed by atoms with Crippen molar-refractivity contribution in [2.75, 3.05) is 46.2 Å². The number of carbonyl (C=O) groups is 2. The van der Waals surface area contributed by atoms with E-state index in [1.54, 1.807) is 12.5 Å². The number of allylic oxidation sites excluding steroid dienone is 6. The van der Waals surface area contributed by atoms with Gasteiger partial charge in [0.2, 0.25) is 0 Å². The molecule has 38 heteroatoms. The normalized spacial score (nSPS) is 52.6. The van der Waals surface area contributed by atoms with E-state index in [2.05, 4.69) is 19.1 Å². The maximum Gasteiger partial charge on any atom is 0.187 e. The average Bonchev–Trinajstić information content (AvgIpc) is 1.50. The van der Waals surface area contributed by atoms with Gasteiger partial charge in [0.1, 0.15) is 177 Å². The van der Waals surface area contributed by atoms with Gasteiger partial charge in [0.25, 0.3) is 0 Å². The van der Waals surface area contributed by atoms with Crippen LogP contribution >= 0.6 is 0 Å². The third kappa shape index (κ3) is 13.9. The summed E-state index contributed by atoms with van der Waals surface area (Å²) in [6.07, 6.45) is -57.1. The van der Waals surface area contributed by atoms with Crippen molar-refractivity contribution in [1.82, 2.24) is 0 Å². The maximum absolute atomic E-state index is 13.0. The monoisotopic (exact) mass is 1490 g/mol. The predicted molar refractivity (Wildman–Crippen MR) is 328 cm³/mol. The number of hydrogen-bond acceptors (Lipinski definition) is 38. The van der Waals surface area contributed by atoms with E-state index in [-0.39, 0.29) is 22.4 Å². The van der Waals surface area contributed by atoms with Gasteiger partial charge in [-0.2, -0.15) is 0 Å². The highest BCUT2D eigenvalue weighted by Gasteiger charge is 2.73. The molecule has 21 saturated heterocycles. The van der Waals surface area contributed by atoms with Gasteiger partial charge in [0.15, 0.2) is 55.6 Å². The van der Waals surface area contributed by atoms with Crippen LogP contribution in [0.4, 0.5) is 0 Å². The van der Waals surface area contributed by atoms with Crippen molar-refractivity contribution in [2.45, 2.75) is 286 Å². The molecule has 0 amide bonds. The molecule has 2 saturated carbocycles. The second-order valence-corrected chi connectivity index (χ2v) is 29.1. The number of aliphatic hydroxyl groups is 22. The highest BCUT2D eigenvalue weighted by Crippen LogP contribution is 2.78. The highest BCUT2D eigenvalue weighted by molar-refractivity contribution is 5.94. The highest BCUT2D eigenvalue weighted by atomic mass is 16.8. The lowest BCUT2D eigenvalue weighted by Gasteiger charge is -2.55. The molecule has 26 aliphatic rings. The number of fused-ring (bicyclic) bond motifs is 2. The van der Waals surface area contributed by atoms with E-state index < -0.39 is 273 Å². The maximum atomic E-state index is 13.0. The molecular weight excluding hydrogens is 1390 g/mol. The molecule has 0 aromatic heterocycles. The first-order valence-corrected chi connectivity index (χ1v) is 34.9. The number of Topliss-reactive ketones (excluding diaryl/α,β-unsaturated/α-hetero) is 1. The van der Waals surface area contributed by atoms with E-state index in [1.807, 2.05) is 6.08 Å². The topological polar surface area (TPSA) is 608 Å². The number of carbonyl (C=O) groups excluding carboxylic acids is 2. The Balaban J connectivity index is 0.000000317. The Kier molecular flexibility index (Phi) is 24.6. The average molecular weight is 1490 g/mol. The van der Waals surface area contributed by atoms with Gasteiger partial charge in [0.05, 0.1) is 51.7 Å². The minimum atomic E-state index is -2.21. The largest absolute Gasteiger partial charge is 0.394 e. The number of rotatable bonds is 9. The first-order chi connectivity index (χ1) is 49.0. The molecule has 16 bridgehead atoms. The fourth-order valence-electron chi connectivity index (χ4n) is 17.9. The van der Waals surface area contributed by atoms with Gasteiger partial charge in [-0.15, -0.1) is 0 Å². The van der Waals surface area contributed by atoms with Crippen molar-refractivity contribution in [3.63, 3.8) is 0 Å². The Bertz CT molecular complexity index is 2650. The zero-order chi connectivity index (χ0) is 74.4. The van der Waals surface area contributed by atoms with E-state index in [1.165, 1.54) is 11.1 Å². The molecule has 586 valence electrons. The van der Waals surface area contributed by atoms with Crippen LogP contribution in [0.1, 0.15) is 65.2 Å². The molecular formula is C65H98O38. The second-order valence-electron chi connectivity index (χ2n) is 29.1. The van der Waals surface area contributed by atoms with Crippen LogP contribution < -0.4 is 0 Å². The van der Waals surface area contributed by atoms with Crippen LogP contribution in [0.5, 0.6) is 0 Å². The van der Waals surface area contributed by atoms with Crippen molar-refractivity contribution in [3.05, 3.63) is 34.9 Å². The molecule has 22 N–H and O–H groups in total. The third-order valence-corrected chi connectivity index (χ3v) is 23.6. The molecule has 38 nitrogen and oxygen atoms in total. The van der Waals surface area contributed by atoms with Crippen molar-refractivity contribution < 1.29 is 188 Å². The quantitative estimate of drug-likeness (QED) is 0.0953. The van der Waals surface area contributed by atoms with Gasteiger partial charge >= 0.3 is 0 Å².